The van der Waals surface area contributed by atoms with E-state index in [0.29, 0.717) is 31.9 Å². The van der Waals surface area contributed by atoms with Gasteiger partial charge in [0.2, 0.25) is 0 Å². The highest BCUT2D eigenvalue weighted by Crippen LogP contribution is 2.34. The first-order chi connectivity index (χ1) is 11.5. The lowest BCUT2D eigenvalue weighted by molar-refractivity contribution is -0.189. The molecule has 1 aromatic carbocycles. The van der Waals surface area contributed by atoms with E-state index in [1.165, 1.54) is 6.07 Å². The molecule has 6 heteroatoms. The largest absolute Gasteiger partial charge is 0.347 e. The Labute approximate surface area is 142 Å². The zero-order chi connectivity index (χ0) is 17.2. The molecule has 132 valence electrons. The quantitative estimate of drug-likeness (QED) is 0.923. The Balaban J connectivity index is 1.55. The summed E-state index contributed by atoms with van der Waals surface area (Å²) in [6.07, 6.45) is 1.94. The molecule has 2 aliphatic rings. The van der Waals surface area contributed by atoms with E-state index in [1.54, 1.807) is 19.1 Å². The van der Waals surface area contributed by atoms with Gasteiger partial charge in [-0.2, -0.15) is 0 Å². The van der Waals surface area contributed by atoms with E-state index in [0.717, 1.165) is 24.9 Å². The fraction of sp³-hybridized carbons (Fsp3) is 0.611. The number of carbonyl (C=O) groups excluding carboxylic acids is 1. The Kier molecular flexibility index (Phi) is 5.06. The maximum atomic E-state index is 13.3. The third-order valence-electron chi connectivity index (χ3n) is 4.98. The minimum absolute atomic E-state index is 0.0942. The van der Waals surface area contributed by atoms with E-state index in [-0.39, 0.29) is 17.8 Å². The molecule has 0 saturated carbocycles. The van der Waals surface area contributed by atoms with Crippen LogP contribution in [-0.4, -0.2) is 43.0 Å². The second kappa shape index (κ2) is 7.07. The van der Waals surface area contributed by atoms with Crippen molar-refractivity contribution in [3.63, 3.8) is 0 Å². The average molecular weight is 336 g/mol. The third kappa shape index (κ3) is 3.70. The summed E-state index contributed by atoms with van der Waals surface area (Å²) in [7, 11) is 0. The van der Waals surface area contributed by atoms with Crippen LogP contribution in [0.25, 0.3) is 0 Å². The average Bonchev–Trinajstić information content (AvgIpc) is 3.04. The highest BCUT2D eigenvalue weighted by molar-refractivity contribution is 5.74. The van der Waals surface area contributed by atoms with E-state index in [2.05, 4.69) is 5.32 Å². The molecular formula is C18H25FN2O3. The number of piperidine rings is 1. The second-order valence-electron chi connectivity index (χ2n) is 6.74. The summed E-state index contributed by atoms with van der Waals surface area (Å²) >= 11 is 0. The molecule has 5 nitrogen and oxygen atoms in total. The van der Waals surface area contributed by atoms with Gasteiger partial charge in [0, 0.05) is 25.6 Å². The number of ether oxygens (including phenoxy) is 2. The SMILES string of the molecule is Cc1cc(CNC(=O)N2CCC[C@H](C3(C)OCCO3)C2)ccc1F. The van der Waals surface area contributed by atoms with Crippen LogP contribution in [0.5, 0.6) is 0 Å². The summed E-state index contributed by atoms with van der Waals surface area (Å²) < 4.78 is 24.8. The van der Waals surface area contributed by atoms with E-state index in [9.17, 15) is 9.18 Å². The van der Waals surface area contributed by atoms with Crippen molar-refractivity contribution in [2.75, 3.05) is 26.3 Å². The molecule has 0 bridgehead atoms. The molecule has 0 unspecified atom stereocenters. The molecule has 0 aromatic heterocycles. The Morgan fingerprint density at radius 3 is 2.88 bits per heavy atom. The molecule has 2 saturated heterocycles. The van der Waals surface area contributed by atoms with Crippen LogP contribution in [0.4, 0.5) is 9.18 Å². The van der Waals surface area contributed by atoms with Gasteiger partial charge in [0.05, 0.1) is 13.2 Å². The molecule has 0 aliphatic carbocycles. The Morgan fingerprint density at radius 1 is 1.42 bits per heavy atom. The van der Waals surface area contributed by atoms with Gasteiger partial charge in [-0.3, -0.25) is 0 Å². The number of halogens is 1. The number of aryl methyl sites for hydroxylation is 1. The predicted molar refractivity (Wildman–Crippen MR) is 88.0 cm³/mol. The summed E-state index contributed by atoms with van der Waals surface area (Å²) in [6, 6.07) is 4.80. The lowest BCUT2D eigenvalue weighted by atomic mass is 9.90. The van der Waals surface area contributed by atoms with Gasteiger partial charge >= 0.3 is 6.03 Å². The highest BCUT2D eigenvalue weighted by Gasteiger charge is 2.42. The first-order valence-electron chi connectivity index (χ1n) is 8.54. The van der Waals surface area contributed by atoms with Crippen molar-refractivity contribution < 1.29 is 18.7 Å². The minimum atomic E-state index is -0.576. The van der Waals surface area contributed by atoms with Gasteiger partial charge in [-0.25, -0.2) is 9.18 Å². The number of rotatable bonds is 3. The maximum Gasteiger partial charge on any atom is 0.317 e. The smallest absolute Gasteiger partial charge is 0.317 e. The van der Waals surface area contributed by atoms with Crippen LogP contribution >= 0.6 is 0 Å². The summed E-state index contributed by atoms with van der Waals surface area (Å²) in [4.78, 5) is 14.3. The number of hydrogen-bond donors (Lipinski definition) is 1. The number of likely N-dealkylation sites (tertiary alicyclic amines) is 1. The van der Waals surface area contributed by atoms with E-state index >= 15 is 0 Å². The Hall–Kier alpha value is -1.66. The second-order valence-corrected chi connectivity index (χ2v) is 6.74. The minimum Gasteiger partial charge on any atom is -0.347 e. The maximum absolute atomic E-state index is 13.3. The molecule has 24 heavy (non-hydrogen) atoms. The van der Waals surface area contributed by atoms with Crippen molar-refractivity contribution >= 4 is 6.03 Å². The van der Waals surface area contributed by atoms with Crippen molar-refractivity contribution in [1.82, 2.24) is 10.2 Å². The summed E-state index contributed by atoms with van der Waals surface area (Å²) in [6.45, 7) is 6.68. The molecule has 3 rings (SSSR count). The lowest BCUT2D eigenvalue weighted by Crippen LogP contribution is -2.51. The van der Waals surface area contributed by atoms with Crippen molar-refractivity contribution in [1.29, 1.82) is 0 Å². The number of nitrogens with zero attached hydrogens (tertiary/aromatic N) is 1. The van der Waals surface area contributed by atoms with Crippen LogP contribution in [-0.2, 0) is 16.0 Å². The van der Waals surface area contributed by atoms with Gasteiger partial charge in [-0.15, -0.1) is 0 Å². The van der Waals surface area contributed by atoms with Crippen LogP contribution in [0.3, 0.4) is 0 Å². The van der Waals surface area contributed by atoms with Crippen molar-refractivity contribution in [2.24, 2.45) is 5.92 Å². The molecule has 0 spiro atoms. The van der Waals surface area contributed by atoms with E-state index in [4.69, 9.17) is 9.47 Å². The first kappa shape index (κ1) is 17.2. The van der Waals surface area contributed by atoms with E-state index < -0.39 is 5.79 Å². The Morgan fingerprint density at radius 2 is 2.17 bits per heavy atom. The van der Waals surface area contributed by atoms with Crippen LogP contribution in [0.2, 0.25) is 0 Å². The summed E-state index contributed by atoms with van der Waals surface area (Å²) in [5, 5.41) is 2.92. The van der Waals surface area contributed by atoms with Crippen LogP contribution < -0.4 is 5.32 Å². The zero-order valence-corrected chi connectivity index (χ0v) is 14.3. The van der Waals surface area contributed by atoms with E-state index in [1.807, 2.05) is 11.8 Å². The third-order valence-corrected chi connectivity index (χ3v) is 4.98. The number of nitrogens with one attached hydrogen (secondary N) is 1. The van der Waals surface area contributed by atoms with Crippen molar-refractivity contribution in [3.8, 4) is 0 Å². The zero-order valence-electron chi connectivity index (χ0n) is 14.3. The standard InChI is InChI=1S/C18H25FN2O3/c1-13-10-14(5-6-16(13)19)11-20-17(22)21-7-3-4-15(12-21)18(2)23-8-9-24-18/h5-6,10,15H,3-4,7-9,11-12H2,1-2H3,(H,20,22)/t15-/m0/s1. The topological polar surface area (TPSA) is 50.8 Å². The number of hydrogen-bond acceptors (Lipinski definition) is 3. The van der Waals surface area contributed by atoms with Crippen LogP contribution in [0, 0.1) is 18.7 Å². The molecule has 2 fully saturated rings. The van der Waals surface area contributed by atoms with Gasteiger partial charge in [-0.05, 0) is 43.9 Å². The van der Waals surface area contributed by atoms with Crippen molar-refractivity contribution in [3.05, 3.63) is 35.1 Å². The number of benzene rings is 1. The van der Waals surface area contributed by atoms with Gasteiger partial charge in [-0.1, -0.05) is 12.1 Å². The fourth-order valence-electron chi connectivity index (χ4n) is 3.46. The molecular weight excluding hydrogens is 311 g/mol. The van der Waals surface area contributed by atoms with Gasteiger partial charge in [0.15, 0.2) is 5.79 Å². The first-order valence-corrected chi connectivity index (χ1v) is 8.54. The molecule has 1 N–H and O–H groups in total. The summed E-state index contributed by atoms with van der Waals surface area (Å²) in [5.41, 5.74) is 1.48. The van der Waals surface area contributed by atoms with Gasteiger partial charge in [0.25, 0.3) is 0 Å². The highest BCUT2D eigenvalue weighted by atomic mass is 19.1. The predicted octanol–water partition coefficient (Wildman–Crippen LogP) is 2.82. The van der Waals surface area contributed by atoms with Crippen LogP contribution in [0.1, 0.15) is 30.9 Å². The molecule has 1 aromatic rings. The summed E-state index contributed by atoms with van der Waals surface area (Å²) in [5.74, 6) is -0.617. The lowest BCUT2D eigenvalue weighted by Gasteiger charge is -2.39. The molecule has 2 heterocycles. The van der Waals surface area contributed by atoms with Crippen molar-refractivity contribution in [2.45, 2.75) is 39.0 Å². The van der Waals surface area contributed by atoms with Gasteiger partial charge in [0.1, 0.15) is 5.82 Å². The molecule has 1 atom stereocenters. The normalized spacial score (nSPS) is 23.3. The number of urea groups is 1. The number of amides is 2. The molecule has 2 amide bonds. The number of carbonyl (C=O) groups is 1. The monoisotopic (exact) mass is 336 g/mol. The fourth-order valence-corrected chi connectivity index (χ4v) is 3.46. The Bertz CT molecular complexity index is 602. The van der Waals surface area contributed by atoms with Gasteiger partial charge < -0.3 is 19.7 Å². The molecule has 0 radical (unpaired) electrons. The molecule has 2 aliphatic heterocycles. The van der Waals surface area contributed by atoms with Crippen LogP contribution in [0.15, 0.2) is 18.2 Å².